The minimum Gasteiger partial charge on any atom is -0.401 e. The van der Waals surface area contributed by atoms with Gasteiger partial charge in [-0.2, -0.15) is 0 Å². The van der Waals surface area contributed by atoms with Gasteiger partial charge in [-0.1, -0.05) is 44.2 Å². The van der Waals surface area contributed by atoms with Gasteiger partial charge in [-0.15, -0.1) is 11.3 Å². The van der Waals surface area contributed by atoms with Gasteiger partial charge in [-0.25, -0.2) is 0 Å². The van der Waals surface area contributed by atoms with Crippen LogP contribution in [0, 0.1) is 5.92 Å². The highest BCUT2D eigenvalue weighted by molar-refractivity contribution is 7.26. The quantitative estimate of drug-likeness (QED) is 0.642. The Morgan fingerprint density at radius 3 is 2.52 bits per heavy atom. The lowest BCUT2D eigenvalue weighted by atomic mass is 9.76. The predicted octanol–water partition coefficient (Wildman–Crippen LogP) is 4.60. The molecule has 4 rings (SSSR count). The van der Waals surface area contributed by atoms with Gasteiger partial charge < -0.3 is 9.31 Å². The summed E-state index contributed by atoms with van der Waals surface area (Å²) in [6.07, 6.45) is 0.104. The first-order valence-electron chi connectivity index (χ1n) is 8.21. The van der Waals surface area contributed by atoms with E-state index in [2.05, 4.69) is 70.2 Å². The van der Waals surface area contributed by atoms with Crippen molar-refractivity contribution in [3.05, 3.63) is 42.5 Å². The monoisotopic (exact) mass is 324 g/mol. The van der Waals surface area contributed by atoms with E-state index in [0.717, 1.165) is 5.46 Å². The van der Waals surface area contributed by atoms with Gasteiger partial charge in [0.2, 0.25) is 0 Å². The molecule has 1 fully saturated rings. The maximum Gasteiger partial charge on any atom is 0.495 e. The highest BCUT2D eigenvalue weighted by atomic mass is 32.1. The number of fused-ring (bicyclic) bond motifs is 3. The molecule has 1 atom stereocenters. The van der Waals surface area contributed by atoms with Gasteiger partial charge in [0.05, 0.1) is 11.7 Å². The highest BCUT2D eigenvalue weighted by Gasteiger charge is 2.48. The maximum atomic E-state index is 6.33. The third-order valence-corrected chi connectivity index (χ3v) is 5.80. The molecular weight excluding hydrogens is 303 g/mol. The third kappa shape index (κ3) is 2.40. The van der Waals surface area contributed by atoms with Crippen LogP contribution in [0.2, 0.25) is 0 Å². The average molecular weight is 324 g/mol. The van der Waals surface area contributed by atoms with Crippen molar-refractivity contribution in [2.24, 2.45) is 5.92 Å². The molecule has 1 aliphatic heterocycles. The van der Waals surface area contributed by atoms with E-state index in [1.807, 2.05) is 11.3 Å². The zero-order chi connectivity index (χ0) is 16.2. The molecule has 1 saturated heterocycles. The van der Waals surface area contributed by atoms with Crippen LogP contribution in [0.1, 0.15) is 27.7 Å². The van der Waals surface area contributed by atoms with Crippen molar-refractivity contribution in [3.63, 3.8) is 0 Å². The van der Waals surface area contributed by atoms with Crippen LogP contribution in [0.15, 0.2) is 42.5 Å². The Balaban J connectivity index is 1.87. The van der Waals surface area contributed by atoms with Crippen LogP contribution in [0.3, 0.4) is 0 Å². The van der Waals surface area contributed by atoms with Gasteiger partial charge in [-0.05, 0) is 42.7 Å². The standard InChI is InChI=1S/C19H21BO2S/c1-12(2)18-19(3,4)22-20(21-18)14-9-7-11-16-17(14)13-8-5-6-10-15(13)23-16/h5-12,18H,1-4H3. The fourth-order valence-corrected chi connectivity index (χ4v) is 4.90. The van der Waals surface area contributed by atoms with Gasteiger partial charge >= 0.3 is 7.12 Å². The van der Waals surface area contributed by atoms with E-state index in [-0.39, 0.29) is 18.8 Å². The Bertz CT molecular complexity index is 868. The topological polar surface area (TPSA) is 18.5 Å². The van der Waals surface area contributed by atoms with Crippen molar-refractivity contribution in [1.29, 1.82) is 0 Å². The summed E-state index contributed by atoms with van der Waals surface area (Å²) in [6, 6.07) is 15.0. The van der Waals surface area contributed by atoms with Crippen LogP contribution < -0.4 is 5.46 Å². The molecule has 118 valence electrons. The van der Waals surface area contributed by atoms with Crippen LogP contribution in [0.25, 0.3) is 20.2 Å². The molecule has 4 heteroatoms. The Hall–Kier alpha value is -1.36. The number of hydrogen-bond acceptors (Lipinski definition) is 3. The highest BCUT2D eigenvalue weighted by Crippen LogP contribution is 2.36. The summed E-state index contributed by atoms with van der Waals surface area (Å²) < 4.78 is 15.3. The molecule has 0 aliphatic carbocycles. The van der Waals surface area contributed by atoms with Gasteiger partial charge in [0.15, 0.2) is 0 Å². The van der Waals surface area contributed by atoms with E-state index in [0.29, 0.717) is 5.92 Å². The van der Waals surface area contributed by atoms with E-state index in [4.69, 9.17) is 9.31 Å². The molecular formula is C19H21BO2S. The molecule has 23 heavy (non-hydrogen) atoms. The molecule has 2 heterocycles. The number of rotatable bonds is 2. The lowest BCUT2D eigenvalue weighted by Crippen LogP contribution is -2.37. The van der Waals surface area contributed by atoms with E-state index >= 15 is 0 Å². The smallest absolute Gasteiger partial charge is 0.401 e. The average Bonchev–Trinajstić information content (AvgIpc) is 3.04. The number of benzene rings is 2. The summed E-state index contributed by atoms with van der Waals surface area (Å²) in [5.41, 5.74) is 0.878. The normalized spacial score (nSPS) is 20.9. The van der Waals surface area contributed by atoms with Crippen molar-refractivity contribution in [2.75, 3.05) is 0 Å². The molecule has 1 aromatic heterocycles. The van der Waals surface area contributed by atoms with Gasteiger partial charge in [0, 0.05) is 14.8 Å². The Morgan fingerprint density at radius 1 is 1.04 bits per heavy atom. The van der Waals surface area contributed by atoms with Crippen LogP contribution in [-0.4, -0.2) is 18.8 Å². The molecule has 1 unspecified atom stereocenters. The van der Waals surface area contributed by atoms with Crippen molar-refractivity contribution in [2.45, 2.75) is 39.4 Å². The van der Waals surface area contributed by atoms with Crippen molar-refractivity contribution in [1.82, 2.24) is 0 Å². The Kier molecular flexibility index (Phi) is 3.52. The molecule has 0 spiro atoms. The summed E-state index contributed by atoms with van der Waals surface area (Å²) in [7, 11) is -0.292. The summed E-state index contributed by atoms with van der Waals surface area (Å²) in [6.45, 7) is 8.64. The number of thiophene rings is 1. The summed E-state index contributed by atoms with van der Waals surface area (Å²) in [4.78, 5) is 0. The maximum absolute atomic E-state index is 6.33. The third-order valence-electron chi connectivity index (χ3n) is 4.66. The minimum atomic E-state index is -0.292. The molecule has 0 radical (unpaired) electrons. The molecule has 3 aromatic rings. The molecule has 1 aliphatic rings. The second kappa shape index (κ2) is 5.33. The van der Waals surface area contributed by atoms with Crippen LogP contribution in [0.5, 0.6) is 0 Å². The lowest BCUT2D eigenvalue weighted by Gasteiger charge is -2.28. The van der Waals surface area contributed by atoms with E-state index in [1.165, 1.54) is 20.2 Å². The minimum absolute atomic E-state index is 0.104. The molecule has 2 nitrogen and oxygen atoms in total. The Labute approximate surface area is 141 Å². The zero-order valence-corrected chi connectivity index (χ0v) is 14.8. The first-order chi connectivity index (χ1) is 11.0. The first-order valence-corrected chi connectivity index (χ1v) is 9.02. The first kappa shape index (κ1) is 15.2. The van der Waals surface area contributed by atoms with Crippen molar-refractivity contribution in [3.8, 4) is 0 Å². The van der Waals surface area contributed by atoms with Gasteiger partial charge in [0.25, 0.3) is 0 Å². The molecule has 2 aromatic carbocycles. The van der Waals surface area contributed by atoms with E-state index in [9.17, 15) is 0 Å². The summed E-state index contributed by atoms with van der Waals surface area (Å²) >= 11 is 1.83. The summed E-state index contributed by atoms with van der Waals surface area (Å²) in [5, 5.41) is 2.57. The zero-order valence-electron chi connectivity index (χ0n) is 14.0. The lowest BCUT2D eigenvalue weighted by molar-refractivity contribution is 0.0438. The molecule has 0 amide bonds. The van der Waals surface area contributed by atoms with Gasteiger partial charge in [0.1, 0.15) is 0 Å². The van der Waals surface area contributed by atoms with Gasteiger partial charge in [-0.3, -0.25) is 0 Å². The summed E-state index contributed by atoms with van der Waals surface area (Å²) in [5.74, 6) is 0.424. The van der Waals surface area contributed by atoms with E-state index in [1.54, 1.807) is 0 Å². The molecule has 0 saturated carbocycles. The van der Waals surface area contributed by atoms with Crippen LogP contribution in [-0.2, 0) is 9.31 Å². The van der Waals surface area contributed by atoms with Crippen LogP contribution >= 0.6 is 11.3 Å². The largest absolute Gasteiger partial charge is 0.495 e. The Morgan fingerprint density at radius 2 is 1.78 bits per heavy atom. The van der Waals surface area contributed by atoms with Crippen LogP contribution in [0.4, 0.5) is 0 Å². The number of hydrogen-bond donors (Lipinski definition) is 0. The second-order valence-electron chi connectivity index (χ2n) is 7.17. The molecule has 0 bridgehead atoms. The predicted molar refractivity (Wildman–Crippen MR) is 99.6 cm³/mol. The molecule has 0 N–H and O–H groups in total. The fraction of sp³-hybridized carbons (Fsp3) is 0.368. The van der Waals surface area contributed by atoms with Crippen molar-refractivity contribution >= 4 is 44.1 Å². The van der Waals surface area contributed by atoms with Crippen molar-refractivity contribution < 1.29 is 9.31 Å². The second-order valence-corrected chi connectivity index (χ2v) is 8.26. The van der Waals surface area contributed by atoms with E-state index < -0.39 is 0 Å². The SMILES string of the molecule is CC(C)C1OB(c2cccc3sc4ccccc4c23)OC1(C)C. The fourth-order valence-electron chi connectivity index (χ4n) is 3.76.